The Labute approximate surface area is 315 Å². The zero-order chi connectivity index (χ0) is 39.0. The van der Waals surface area contributed by atoms with Crippen LogP contribution < -0.4 is 10.2 Å². The van der Waals surface area contributed by atoms with Gasteiger partial charge in [-0.25, -0.2) is 23.1 Å². The zero-order valence-electron chi connectivity index (χ0n) is 32.4. The lowest BCUT2D eigenvalue weighted by atomic mass is 9.79. The van der Waals surface area contributed by atoms with Crippen molar-refractivity contribution in [2.45, 2.75) is 91.8 Å². The van der Waals surface area contributed by atoms with Crippen LogP contribution in [-0.4, -0.2) is 52.2 Å². The van der Waals surface area contributed by atoms with Gasteiger partial charge in [0.1, 0.15) is 41.2 Å². The summed E-state index contributed by atoms with van der Waals surface area (Å²) in [5, 5.41) is 0. The molecule has 2 aromatic heterocycles. The molecule has 1 aliphatic heterocycles. The minimum Gasteiger partial charge on any atom is -0.488 e. The van der Waals surface area contributed by atoms with Crippen molar-refractivity contribution in [1.82, 2.24) is 14.5 Å². The topological polar surface area (TPSA) is 76.9 Å². The van der Waals surface area contributed by atoms with Gasteiger partial charge in [0.25, 0.3) is 0 Å². The Hall–Kier alpha value is -4.65. The number of ether oxygens (including phenoxy) is 3. The number of aromatic nitrogens is 3. The van der Waals surface area contributed by atoms with Crippen molar-refractivity contribution in [1.29, 1.82) is 0 Å². The summed E-state index contributed by atoms with van der Waals surface area (Å²) in [5.74, 6) is -0.323. The Balaban J connectivity index is 1.20. The minimum atomic E-state index is -0.699. The minimum absolute atomic E-state index is 0.0325. The standard InChI is InChI=1S/C42H47BF3N3O5/c1-10-37(52-40(2,3)4)26-15-17-35-36(21-26)49(18-19-50-9)38(47-35)22-28-20-33(46)30(24-32(28)45)34-12-11-13-39(48-34)51-25-27-14-16-29(23-31(27)44)43-53-41(5,6)42(7,8)54-43/h10-17,20-21,23-24H,18-19,22,25H2,1-9H3/b37-10-. The Kier molecular flexibility index (Phi) is 11.0. The van der Waals surface area contributed by atoms with Gasteiger partial charge in [0.15, 0.2) is 0 Å². The Morgan fingerprint density at radius 1 is 0.870 bits per heavy atom. The Morgan fingerprint density at radius 3 is 2.26 bits per heavy atom. The molecule has 3 aromatic carbocycles. The quantitative estimate of drug-likeness (QED) is 0.0935. The van der Waals surface area contributed by atoms with Crippen LogP contribution >= 0.6 is 0 Å². The van der Waals surface area contributed by atoms with E-state index in [-0.39, 0.29) is 46.9 Å². The van der Waals surface area contributed by atoms with Gasteiger partial charge in [0, 0.05) is 42.8 Å². The number of halogens is 3. The molecule has 54 heavy (non-hydrogen) atoms. The molecule has 0 unspecified atom stereocenters. The number of rotatable bonds is 12. The molecule has 0 aliphatic carbocycles. The molecule has 12 heteroatoms. The van der Waals surface area contributed by atoms with Crippen molar-refractivity contribution in [2.75, 3.05) is 13.7 Å². The van der Waals surface area contributed by atoms with E-state index in [0.29, 0.717) is 24.4 Å². The normalized spacial score (nSPS) is 15.6. The summed E-state index contributed by atoms with van der Waals surface area (Å²) >= 11 is 0. The van der Waals surface area contributed by atoms with Gasteiger partial charge in [-0.15, -0.1) is 0 Å². The van der Waals surface area contributed by atoms with Crippen LogP contribution in [0.1, 0.15) is 77.9 Å². The molecule has 6 rings (SSSR count). The Bertz CT molecular complexity index is 2180. The molecule has 3 heterocycles. The molecule has 1 fully saturated rings. The molecule has 5 aromatic rings. The number of allylic oxidation sites excluding steroid dienone is 1. The number of pyridine rings is 1. The number of benzene rings is 3. The number of hydrogen-bond acceptors (Lipinski definition) is 7. The second-order valence-corrected chi connectivity index (χ2v) is 15.4. The number of fused-ring (bicyclic) bond motifs is 1. The lowest BCUT2D eigenvalue weighted by Crippen LogP contribution is -2.41. The van der Waals surface area contributed by atoms with Gasteiger partial charge in [-0.1, -0.05) is 18.2 Å². The van der Waals surface area contributed by atoms with Crippen LogP contribution in [0.3, 0.4) is 0 Å². The molecule has 0 N–H and O–H groups in total. The van der Waals surface area contributed by atoms with Gasteiger partial charge in [0.05, 0.1) is 34.5 Å². The molecule has 0 amide bonds. The van der Waals surface area contributed by atoms with E-state index in [9.17, 15) is 0 Å². The maximum Gasteiger partial charge on any atom is 0.494 e. The highest BCUT2D eigenvalue weighted by atomic mass is 19.1. The highest BCUT2D eigenvalue weighted by molar-refractivity contribution is 6.62. The van der Waals surface area contributed by atoms with E-state index in [1.807, 2.05) is 84.2 Å². The summed E-state index contributed by atoms with van der Waals surface area (Å²) in [6, 6.07) is 17.6. The molecule has 1 aliphatic rings. The van der Waals surface area contributed by atoms with Crippen molar-refractivity contribution >= 4 is 29.4 Å². The van der Waals surface area contributed by atoms with Gasteiger partial charge in [-0.3, -0.25) is 0 Å². The molecular formula is C42H47BF3N3O5. The van der Waals surface area contributed by atoms with E-state index in [4.69, 9.17) is 28.5 Å². The summed E-state index contributed by atoms with van der Waals surface area (Å²) in [7, 11) is 0.912. The second-order valence-electron chi connectivity index (χ2n) is 15.4. The maximum absolute atomic E-state index is 15.8. The lowest BCUT2D eigenvalue weighted by Gasteiger charge is -2.32. The fraction of sp³-hybridized carbons (Fsp3) is 0.381. The second kappa shape index (κ2) is 15.2. The van der Waals surface area contributed by atoms with Gasteiger partial charge < -0.3 is 28.1 Å². The third kappa shape index (κ3) is 8.36. The molecular weight excluding hydrogens is 694 g/mol. The zero-order valence-corrected chi connectivity index (χ0v) is 32.4. The van der Waals surface area contributed by atoms with E-state index in [1.54, 1.807) is 37.4 Å². The molecule has 0 spiro atoms. The number of methoxy groups -OCH3 is 1. The van der Waals surface area contributed by atoms with Crippen LogP contribution in [0.2, 0.25) is 0 Å². The van der Waals surface area contributed by atoms with E-state index in [1.165, 1.54) is 12.1 Å². The third-order valence-electron chi connectivity index (χ3n) is 9.77. The van der Waals surface area contributed by atoms with Crippen LogP contribution in [0.25, 0.3) is 28.0 Å². The molecule has 0 atom stereocenters. The number of nitrogens with zero attached hydrogens (tertiary/aromatic N) is 3. The van der Waals surface area contributed by atoms with Crippen molar-refractivity contribution < 1.29 is 36.7 Å². The SMILES string of the molecule is C/C=C(\OC(C)(C)C)c1ccc2nc(Cc3cc(F)c(-c4cccc(OCc5ccc(B6OC(C)(C)C(C)(C)O6)cc5F)n4)cc3F)n(CCOC)c2c1. The summed E-state index contributed by atoms with van der Waals surface area (Å²) in [6.45, 7) is 16.4. The average Bonchev–Trinajstić information content (AvgIpc) is 3.56. The summed E-state index contributed by atoms with van der Waals surface area (Å²) < 4.78 is 78.1. The van der Waals surface area contributed by atoms with Crippen molar-refractivity contribution in [2.24, 2.45) is 0 Å². The molecule has 8 nitrogen and oxygen atoms in total. The predicted octanol–water partition coefficient (Wildman–Crippen LogP) is 8.81. The molecule has 0 radical (unpaired) electrons. The molecule has 0 saturated carbocycles. The molecule has 0 bridgehead atoms. The van der Waals surface area contributed by atoms with Gasteiger partial charge in [-0.2, -0.15) is 0 Å². The van der Waals surface area contributed by atoms with Crippen LogP contribution in [0.15, 0.2) is 72.8 Å². The Morgan fingerprint density at radius 2 is 1.59 bits per heavy atom. The summed E-state index contributed by atoms with van der Waals surface area (Å²) in [6.07, 6.45) is 1.96. The van der Waals surface area contributed by atoms with E-state index in [2.05, 4.69) is 4.98 Å². The monoisotopic (exact) mass is 741 g/mol. The number of imidazole rings is 1. The summed E-state index contributed by atoms with van der Waals surface area (Å²) in [4.78, 5) is 9.21. The van der Waals surface area contributed by atoms with E-state index < -0.39 is 35.8 Å². The average molecular weight is 742 g/mol. The van der Waals surface area contributed by atoms with Gasteiger partial charge >= 0.3 is 7.12 Å². The molecule has 284 valence electrons. The van der Waals surface area contributed by atoms with Crippen LogP contribution in [0.5, 0.6) is 5.88 Å². The third-order valence-corrected chi connectivity index (χ3v) is 9.77. The maximum atomic E-state index is 15.8. The first-order valence-electron chi connectivity index (χ1n) is 18.0. The van der Waals surface area contributed by atoms with Gasteiger partial charge in [-0.05, 0) is 115 Å². The summed E-state index contributed by atoms with van der Waals surface area (Å²) in [5.41, 5.74) is 2.06. The van der Waals surface area contributed by atoms with E-state index >= 15 is 13.2 Å². The first-order valence-corrected chi connectivity index (χ1v) is 18.0. The van der Waals surface area contributed by atoms with Crippen LogP contribution in [0, 0.1) is 17.5 Å². The first kappa shape index (κ1) is 39.1. The van der Waals surface area contributed by atoms with Crippen molar-refractivity contribution in [3.8, 4) is 17.1 Å². The van der Waals surface area contributed by atoms with Crippen LogP contribution in [-0.2, 0) is 38.4 Å². The van der Waals surface area contributed by atoms with E-state index in [0.717, 1.165) is 28.4 Å². The van der Waals surface area contributed by atoms with Crippen LogP contribution in [0.4, 0.5) is 13.2 Å². The number of hydrogen-bond donors (Lipinski definition) is 0. The van der Waals surface area contributed by atoms with Gasteiger partial charge in [0.2, 0.25) is 5.88 Å². The predicted molar refractivity (Wildman–Crippen MR) is 205 cm³/mol. The largest absolute Gasteiger partial charge is 0.494 e. The smallest absolute Gasteiger partial charge is 0.488 e. The van der Waals surface area contributed by atoms with Crippen molar-refractivity contribution in [3.05, 3.63) is 113 Å². The highest BCUT2D eigenvalue weighted by Gasteiger charge is 2.51. The van der Waals surface area contributed by atoms with Crippen molar-refractivity contribution in [3.63, 3.8) is 0 Å². The lowest BCUT2D eigenvalue weighted by molar-refractivity contribution is 0.00578. The fourth-order valence-electron chi connectivity index (χ4n) is 6.20. The first-order chi connectivity index (χ1) is 25.5. The fourth-order valence-corrected chi connectivity index (χ4v) is 6.20. The molecule has 1 saturated heterocycles. The highest BCUT2D eigenvalue weighted by Crippen LogP contribution is 2.37.